The third-order valence-electron chi connectivity index (χ3n) is 5.09. The highest BCUT2D eigenvalue weighted by Crippen LogP contribution is 2.20. The summed E-state index contributed by atoms with van der Waals surface area (Å²) in [5, 5.41) is 6.96. The lowest BCUT2D eigenvalue weighted by molar-refractivity contribution is 0.146. The number of guanidine groups is 1. The first-order valence-electron chi connectivity index (χ1n) is 10.2. The Bertz CT molecular complexity index is 781. The highest BCUT2D eigenvalue weighted by Gasteiger charge is 2.23. The summed E-state index contributed by atoms with van der Waals surface area (Å²) < 4.78 is 10.6. The molecule has 1 aliphatic rings. The summed E-state index contributed by atoms with van der Waals surface area (Å²) in [6, 6.07) is 17.2. The van der Waals surface area contributed by atoms with Crippen LogP contribution in [0.15, 0.2) is 53.5 Å². The van der Waals surface area contributed by atoms with Crippen LogP contribution >= 0.6 is 24.0 Å². The number of ether oxygens (including phenoxy) is 2. The van der Waals surface area contributed by atoms with E-state index in [0.29, 0.717) is 25.8 Å². The van der Waals surface area contributed by atoms with Crippen molar-refractivity contribution in [2.45, 2.75) is 25.9 Å². The number of benzene rings is 2. The van der Waals surface area contributed by atoms with Crippen molar-refractivity contribution < 1.29 is 9.47 Å². The van der Waals surface area contributed by atoms with Gasteiger partial charge in [-0.2, -0.15) is 0 Å². The maximum Gasteiger partial charge on any atom is 0.191 e. The lowest BCUT2D eigenvalue weighted by Crippen LogP contribution is -2.44. The van der Waals surface area contributed by atoms with Crippen molar-refractivity contribution in [2.24, 2.45) is 4.99 Å². The van der Waals surface area contributed by atoms with E-state index in [-0.39, 0.29) is 24.0 Å². The number of nitrogens with zero attached hydrogens (tertiary/aromatic N) is 2. The van der Waals surface area contributed by atoms with Gasteiger partial charge in [0.25, 0.3) is 0 Å². The molecule has 0 amide bonds. The van der Waals surface area contributed by atoms with Gasteiger partial charge in [0.1, 0.15) is 12.4 Å². The first-order chi connectivity index (χ1) is 14.2. The first kappa shape index (κ1) is 24.3. The molecule has 1 unspecified atom stereocenters. The van der Waals surface area contributed by atoms with Crippen LogP contribution in [0.5, 0.6) is 5.75 Å². The number of aryl methyl sites for hydroxylation is 1. The molecule has 2 aromatic rings. The van der Waals surface area contributed by atoms with Crippen molar-refractivity contribution in [1.29, 1.82) is 0 Å². The minimum absolute atomic E-state index is 0. The van der Waals surface area contributed by atoms with E-state index >= 15 is 0 Å². The molecule has 0 bridgehead atoms. The second kappa shape index (κ2) is 12.6. The summed E-state index contributed by atoms with van der Waals surface area (Å²) in [4.78, 5) is 6.80. The van der Waals surface area contributed by atoms with Gasteiger partial charge in [0.05, 0.1) is 6.61 Å². The molecule has 3 rings (SSSR count). The minimum Gasteiger partial charge on any atom is -0.491 e. The van der Waals surface area contributed by atoms with Crippen LogP contribution in [0.3, 0.4) is 0 Å². The van der Waals surface area contributed by atoms with E-state index in [0.717, 1.165) is 31.2 Å². The third-order valence-corrected chi connectivity index (χ3v) is 5.09. The molecule has 1 atom stereocenters. The Morgan fingerprint density at radius 2 is 1.83 bits per heavy atom. The number of aliphatic imine (C=N–C) groups is 1. The maximum absolute atomic E-state index is 5.60. The normalized spacial score (nSPS) is 16.2. The molecule has 0 spiro atoms. The largest absolute Gasteiger partial charge is 0.491 e. The number of methoxy groups -OCH3 is 1. The quantitative estimate of drug-likeness (QED) is 0.239. The van der Waals surface area contributed by atoms with E-state index in [9.17, 15) is 0 Å². The van der Waals surface area contributed by atoms with Gasteiger partial charge in [0.2, 0.25) is 0 Å². The topological polar surface area (TPSA) is 58.1 Å². The van der Waals surface area contributed by atoms with Crippen molar-refractivity contribution in [3.8, 4) is 5.75 Å². The average molecular weight is 524 g/mol. The fourth-order valence-electron chi connectivity index (χ4n) is 3.39. The lowest BCUT2D eigenvalue weighted by Gasteiger charge is -2.20. The van der Waals surface area contributed by atoms with Crippen molar-refractivity contribution in [3.63, 3.8) is 0 Å². The fourth-order valence-corrected chi connectivity index (χ4v) is 3.39. The lowest BCUT2D eigenvalue weighted by atomic mass is 10.2. The first-order valence-corrected chi connectivity index (χ1v) is 10.2. The molecule has 0 aromatic heterocycles. The monoisotopic (exact) mass is 524 g/mol. The zero-order valence-electron chi connectivity index (χ0n) is 18.1. The smallest absolute Gasteiger partial charge is 0.191 e. The Labute approximate surface area is 197 Å². The number of nitrogens with one attached hydrogen (secondary N) is 2. The summed E-state index contributed by atoms with van der Waals surface area (Å²) in [5.41, 5.74) is 3.76. The third kappa shape index (κ3) is 7.36. The Hall–Kier alpha value is -2.00. The molecule has 2 N–H and O–H groups in total. The number of halogens is 1. The Morgan fingerprint density at radius 1 is 1.10 bits per heavy atom. The molecule has 2 aromatic carbocycles. The molecule has 1 aliphatic heterocycles. The summed E-state index contributed by atoms with van der Waals surface area (Å²) in [5.74, 6) is 1.69. The molecular weight excluding hydrogens is 491 g/mol. The van der Waals surface area contributed by atoms with Gasteiger partial charge in [-0.25, -0.2) is 0 Å². The predicted molar refractivity (Wildman–Crippen MR) is 134 cm³/mol. The predicted octanol–water partition coefficient (Wildman–Crippen LogP) is 3.58. The van der Waals surface area contributed by atoms with Gasteiger partial charge in [0.15, 0.2) is 5.96 Å². The molecule has 1 saturated heterocycles. The summed E-state index contributed by atoms with van der Waals surface area (Å²) in [6.45, 7) is 6.03. The molecule has 0 aliphatic carbocycles. The van der Waals surface area contributed by atoms with Gasteiger partial charge in [-0.15, -0.1) is 24.0 Å². The SMILES string of the molecule is CN=C(NCc1ccc(OCCOC)cc1)NC1CCN(c2ccc(C)cc2)C1.I. The Kier molecular flexibility index (Phi) is 10.2. The molecule has 0 saturated carbocycles. The molecule has 7 heteroatoms. The van der Waals surface area contributed by atoms with E-state index in [1.165, 1.54) is 16.8 Å². The van der Waals surface area contributed by atoms with Crippen LogP contribution in [0, 0.1) is 6.92 Å². The van der Waals surface area contributed by atoms with Gasteiger partial charge in [-0.05, 0) is 43.2 Å². The van der Waals surface area contributed by atoms with Gasteiger partial charge in [-0.3, -0.25) is 4.99 Å². The van der Waals surface area contributed by atoms with Crippen LogP contribution < -0.4 is 20.3 Å². The molecule has 1 fully saturated rings. The minimum atomic E-state index is 0. The average Bonchev–Trinajstić information content (AvgIpc) is 3.21. The van der Waals surface area contributed by atoms with Crippen molar-refractivity contribution in [1.82, 2.24) is 10.6 Å². The van der Waals surface area contributed by atoms with Crippen molar-refractivity contribution in [3.05, 3.63) is 59.7 Å². The summed E-state index contributed by atoms with van der Waals surface area (Å²) in [6.07, 6.45) is 1.10. The Balaban J connectivity index is 0.00000320. The van der Waals surface area contributed by atoms with Crippen LogP contribution in [-0.4, -0.2) is 52.5 Å². The van der Waals surface area contributed by atoms with E-state index in [2.05, 4.69) is 63.8 Å². The van der Waals surface area contributed by atoms with Crippen LogP contribution in [0.1, 0.15) is 17.5 Å². The van der Waals surface area contributed by atoms with Gasteiger partial charge in [0, 0.05) is 45.5 Å². The van der Waals surface area contributed by atoms with Gasteiger partial charge in [-0.1, -0.05) is 29.8 Å². The molecule has 30 heavy (non-hydrogen) atoms. The van der Waals surface area contributed by atoms with Crippen LogP contribution in [-0.2, 0) is 11.3 Å². The zero-order chi connectivity index (χ0) is 20.5. The number of rotatable bonds is 8. The van der Waals surface area contributed by atoms with Gasteiger partial charge < -0.3 is 25.0 Å². The standard InChI is InChI=1S/C23H32N4O2.HI/c1-18-4-8-21(9-5-18)27-13-12-20(17-27)26-23(24-2)25-16-19-6-10-22(11-7-19)29-15-14-28-3;/h4-11,20H,12-17H2,1-3H3,(H2,24,25,26);1H. The van der Waals surface area contributed by atoms with Crippen molar-refractivity contribution in [2.75, 3.05) is 45.4 Å². The van der Waals surface area contributed by atoms with Crippen LogP contribution in [0.4, 0.5) is 5.69 Å². The van der Waals surface area contributed by atoms with Crippen molar-refractivity contribution >= 4 is 35.6 Å². The van der Waals surface area contributed by atoms with Crippen LogP contribution in [0.25, 0.3) is 0 Å². The summed E-state index contributed by atoms with van der Waals surface area (Å²) in [7, 11) is 3.49. The number of hydrogen-bond acceptors (Lipinski definition) is 4. The second-order valence-electron chi connectivity index (χ2n) is 7.32. The zero-order valence-corrected chi connectivity index (χ0v) is 20.4. The molecule has 1 heterocycles. The second-order valence-corrected chi connectivity index (χ2v) is 7.32. The van der Waals surface area contributed by atoms with Gasteiger partial charge >= 0.3 is 0 Å². The van der Waals surface area contributed by atoms with E-state index in [1.807, 2.05) is 19.2 Å². The molecule has 6 nitrogen and oxygen atoms in total. The Morgan fingerprint density at radius 3 is 2.50 bits per heavy atom. The molecule has 0 radical (unpaired) electrons. The molecule has 164 valence electrons. The number of hydrogen-bond donors (Lipinski definition) is 2. The van der Waals surface area contributed by atoms with E-state index in [4.69, 9.17) is 9.47 Å². The van der Waals surface area contributed by atoms with E-state index in [1.54, 1.807) is 7.11 Å². The van der Waals surface area contributed by atoms with E-state index < -0.39 is 0 Å². The highest BCUT2D eigenvalue weighted by atomic mass is 127. The molecular formula is C23H33IN4O2. The highest BCUT2D eigenvalue weighted by molar-refractivity contribution is 14.0. The maximum atomic E-state index is 5.60. The fraction of sp³-hybridized carbons (Fsp3) is 0.435. The van der Waals surface area contributed by atoms with Crippen LogP contribution in [0.2, 0.25) is 0 Å². The number of anilines is 1. The summed E-state index contributed by atoms with van der Waals surface area (Å²) >= 11 is 0.